The van der Waals surface area contributed by atoms with E-state index in [1.807, 2.05) is 19.2 Å². The van der Waals surface area contributed by atoms with E-state index in [2.05, 4.69) is 24.8 Å². The Morgan fingerprint density at radius 3 is 2.60 bits per heavy atom. The standard InChI is InChI=1S/C12H15ClN2/c1-9(2)8-15(3)11-5-4-10(7-14)12(13)6-11/h4-6,9H,8H2,1-3H3. The highest BCUT2D eigenvalue weighted by Gasteiger charge is 2.06. The van der Waals surface area contributed by atoms with E-state index in [9.17, 15) is 0 Å². The van der Waals surface area contributed by atoms with Crippen molar-refractivity contribution in [2.75, 3.05) is 18.5 Å². The maximum Gasteiger partial charge on any atom is 0.101 e. The molecule has 0 aromatic heterocycles. The van der Waals surface area contributed by atoms with E-state index in [0.717, 1.165) is 12.2 Å². The molecule has 0 atom stereocenters. The summed E-state index contributed by atoms with van der Waals surface area (Å²) in [5, 5.41) is 9.26. The average molecular weight is 223 g/mol. The number of nitrogens with zero attached hydrogens (tertiary/aromatic N) is 2. The van der Waals surface area contributed by atoms with Gasteiger partial charge in [0.05, 0.1) is 10.6 Å². The quantitative estimate of drug-likeness (QED) is 0.785. The monoisotopic (exact) mass is 222 g/mol. The number of halogens is 1. The van der Waals surface area contributed by atoms with Crippen molar-refractivity contribution in [3.8, 4) is 6.07 Å². The zero-order chi connectivity index (χ0) is 11.4. The summed E-state index contributed by atoms with van der Waals surface area (Å²) in [6.45, 7) is 5.31. The number of hydrogen-bond acceptors (Lipinski definition) is 2. The van der Waals surface area contributed by atoms with Gasteiger partial charge in [-0.1, -0.05) is 25.4 Å². The maximum atomic E-state index is 8.75. The summed E-state index contributed by atoms with van der Waals surface area (Å²) in [6.07, 6.45) is 0. The number of rotatable bonds is 3. The van der Waals surface area contributed by atoms with E-state index in [-0.39, 0.29) is 0 Å². The van der Waals surface area contributed by atoms with Crippen LogP contribution in [0.15, 0.2) is 18.2 Å². The molecule has 3 heteroatoms. The summed E-state index contributed by atoms with van der Waals surface area (Å²) >= 11 is 5.96. The third-order valence-electron chi connectivity index (χ3n) is 2.15. The Morgan fingerprint density at radius 2 is 2.13 bits per heavy atom. The van der Waals surface area contributed by atoms with Gasteiger partial charge >= 0.3 is 0 Å². The van der Waals surface area contributed by atoms with Crippen LogP contribution in [-0.2, 0) is 0 Å². The molecule has 1 aromatic rings. The molecule has 0 heterocycles. The van der Waals surface area contributed by atoms with Crippen LogP contribution in [0.3, 0.4) is 0 Å². The van der Waals surface area contributed by atoms with Gasteiger partial charge in [0.25, 0.3) is 0 Å². The molecule has 0 saturated heterocycles. The predicted molar refractivity (Wildman–Crippen MR) is 64.3 cm³/mol. The third kappa shape index (κ3) is 3.14. The Morgan fingerprint density at radius 1 is 1.47 bits per heavy atom. The lowest BCUT2D eigenvalue weighted by atomic mass is 10.1. The van der Waals surface area contributed by atoms with E-state index in [4.69, 9.17) is 16.9 Å². The molecule has 0 aliphatic carbocycles. The van der Waals surface area contributed by atoms with E-state index < -0.39 is 0 Å². The Balaban J connectivity index is 2.88. The zero-order valence-corrected chi connectivity index (χ0v) is 10.0. The second kappa shape index (κ2) is 5.04. The SMILES string of the molecule is CC(C)CN(C)c1ccc(C#N)c(Cl)c1. The minimum absolute atomic E-state index is 0.519. The van der Waals surface area contributed by atoms with Gasteiger partial charge in [0.2, 0.25) is 0 Å². The van der Waals surface area contributed by atoms with Gasteiger partial charge in [-0.3, -0.25) is 0 Å². The molecule has 0 spiro atoms. The number of benzene rings is 1. The van der Waals surface area contributed by atoms with Gasteiger partial charge < -0.3 is 4.90 Å². The van der Waals surface area contributed by atoms with Crippen molar-refractivity contribution >= 4 is 17.3 Å². The highest BCUT2D eigenvalue weighted by molar-refractivity contribution is 6.32. The lowest BCUT2D eigenvalue weighted by Gasteiger charge is -2.21. The van der Waals surface area contributed by atoms with Crippen molar-refractivity contribution in [3.63, 3.8) is 0 Å². The Kier molecular flexibility index (Phi) is 3.99. The fourth-order valence-electron chi connectivity index (χ4n) is 1.49. The third-order valence-corrected chi connectivity index (χ3v) is 2.47. The van der Waals surface area contributed by atoms with E-state index in [0.29, 0.717) is 16.5 Å². The van der Waals surface area contributed by atoms with Crippen LogP contribution in [0.25, 0.3) is 0 Å². The van der Waals surface area contributed by atoms with Gasteiger partial charge in [0, 0.05) is 19.3 Å². The van der Waals surface area contributed by atoms with E-state index >= 15 is 0 Å². The Hall–Kier alpha value is -1.20. The first-order chi connectivity index (χ1) is 7.04. The first-order valence-electron chi connectivity index (χ1n) is 4.95. The van der Waals surface area contributed by atoms with Crippen LogP contribution in [0.4, 0.5) is 5.69 Å². The van der Waals surface area contributed by atoms with Crippen LogP contribution in [0.2, 0.25) is 5.02 Å². The molecule has 0 fully saturated rings. The molecular formula is C12H15ClN2. The van der Waals surface area contributed by atoms with Crippen molar-refractivity contribution in [1.82, 2.24) is 0 Å². The highest BCUT2D eigenvalue weighted by Crippen LogP contribution is 2.22. The molecule has 80 valence electrons. The molecule has 0 amide bonds. The topological polar surface area (TPSA) is 27.0 Å². The van der Waals surface area contributed by atoms with Crippen LogP contribution < -0.4 is 4.90 Å². The first kappa shape index (κ1) is 11.9. The summed E-state index contributed by atoms with van der Waals surface area (Å²) in [4.78, 5) is 2.14. The second-order valence-electron chi connectivity index (χ2n) is 4.05. The van der Waals surface area contributed by atoms with Gasteiger partial charge in [-0.25, -0.2) is 0 Å². The molecule has 0 unspecified atom stereocenters. The average Bonchev–Trinajstić information content (AvgIpc) is 2.16. The summed E-state index contributed by atoms with van der Waals surface area (Å²) in [7, 11) is 2.03. The molecule has 0 radical (unpaired) electrons. The lowest BCUT2D eigenvalue weighted by molar-refractivity contribution is 0.638. The van der Waals surface area contributed by atoms with Gasteiger partial charge in [0.15, 0.2) is 0 Å². The van der Waals surface area contributed by atoms with Crippen molar-refractivity contribution in [2.24, 2.45) is 5.92 Å². The van der Waals surface area contributed by atoms with Crippen molar-refractivity contribution < 1.29 is 0 Å². The minimum atomic E-state index is 0.519. The molecule has 0 saturated carbocycles. The van der Waals surface area contributed by atoms with Gasteiger partial charge in [-0.2, -0.15) is 5.26 Å². The first-order valence-corrected chi connectivity index (χ1v) is 5.33. The Bertz CT molecular complexity index is 380. The fraction of sp³-hybridized carbons (Fsp3) is 0.417. The van der Waals surface area contributed by atoms with Crippen LogP contribution in [0.5, 0.6) is 0 Å². The minimum Gasteiger partial charge on any atom is -0.374 e. The van der Waals surface area contributed by atoms with E-state index in [1.54, 1.807) is 6.07 Å². The van der Waals surface area contributed by atoms with Gasteiger partial charge in [-0.05, 0) is 24.1 Å². The zero-order valence-electron chi connectivity index (χ0n) is 9.29. The predicted octanol–water partition coefficient (Wildman–Crippen LogP) is 3.30. The normalized spacial score (nSPS) is 10.1. The molecule has 1 aromatic carbocycles. The van der Waals surface area contributed by atoms with E-state index in [1.165, 1.54) is 0 Å². The second-order valence-corrected chi connectivity index (χ2v) is 4.46. The molecule has 0 bridgehead atoms. The highest BCUT2D eigenvalue weighted by atomic mass is 35.5. The van der Waals surface area contributed by atoms with Crippen LogP contribution in [0.1, 0.15) is 19.4 Å². The van der Waals surface area contributed by atoms with Crippen molar-refractivity contribution in [1.29, 1.82) is 5.26 Å². The van der Waals surface area contributed by atoms with Crippen molar-refractivity contribution in [2.45, 2.75) is 13.8 Å². The van der Waals surface area contributed by atoms with Crippen LogP contribution >= 0.6 is 11.6 Å². The fourth-order valence-corrected chi connectivity index (χ4v) is 1.70. The maximum absolute atomic E-state index is 8.75. The number of nitriles is 1. The van der Waals surface area contributed by atoms with Crippen LogP contribution in [0, 0.1) is 17.2 Å². The number of hydrogen-bond donors (Lipinski definition) is 0. The molecular weight excluding hydrogens is 208 g/mol. The molecule has 0 N–H and O–H groups in total. The summed E-state index contributed by atoms with van der Waals surface area (Å²) in [5.74, 6) is 0.601. The summed E-state index contributed by atoms with van der Waals surface area (Å²) in [6, 6.07) is 7.57. The molecule has 0 aliphatic heterocycles. The van der Waals surface area contributed by atoms with Gasteiger partial charge in [0.1, 0.15) is 6.07 Å². The number of anilines is 1. The largest absolute Gasteiger partial charge is 0.374 e. The molecule has 2 nitrogen and oxygen atoms in total. The van der Waals surface area contributed by atoms with Crippen molar-refractivity contribution in [3.05, 3.63) is 28.8 Å². The Labute approximate surface area is 96.1 Å². The molecule has 0 aliphatic rings. The summed E-state index contributed by atoms with van der Waals surface area (Å²) < 4.78 is 0. The van der Waals surface area contributed by atoms with Crippen LogP contribution in [-0.4, -0.2) is 13.6 Å². The smallest absolute Gasteiger partial charge is 0.101 e. The summed E-state index contributed by atoms with van der Waals surface area (Å²) in [5.41, 5.74) is 1.58. The lowest BCUT2D eigenvalue weighted by Crippen LogP contribution is -2.22. The molecule has 1 rings (SSSR count). The molecule has 15 heavy (non-hydrogen) atoms. The van der Waals surface area contributed by atoms with Gasteiger partial charge in [-0.15, -0.1) is 0 Å².